The lowest BCUT2D eigenvalue weighted by Gasteiger charge is -2.29. The first kappa shape index (κ1) is 17.0. The SMILES string of the molecule is CC(C)=C[C@@H]1[C@@H](C(=O)Nc2cccc(N3CCOCC3)c2)C1(C)C. The van der Waals surface area contributed by atoms with E-state index in [9.17, 15) is 4.79 Å². The molecule has 4 nitrogen and oxygen atoms in total. The molecule has 1 heterocycles. The fourth-order valence-electron chi connectivity index (χ4n) is 3.67. The number of ether oxygens (including phenoxy) is 1. The number of allylic oxidation sites excluding steroid dienone is 2. The summed E-state index contributed by atoms with van der Waals surface area (Å²) in [6.45, 7) is 11.8. The van der Waals surface area contributed by atoms with Crippen molar-refractivity contribution in [1.29, 1.82) is 0 Å². The van der Waals surface area contributed by atoms with Gasteiger partial charge in [-0.25, -0.2) is 0 Å². The van der Waals surface area contributed by atoms with Crippen molar-refractivity contribution in [2.75, 3.05) is 36.5 Å². The van der Waals surface area contributed by atoms with Crippen molar-refractivity contribution >= 4 is 17.3 Å². The Kier molecular flexibility index (Phi) is 4.68. The third kappa shape index (κ3) is 3.48. The molecule has 1 saturated heterocycles. The summed E-state index contributed by atoms with van der Waals surface area (Å²) in [6.07, 6.45) is 2.23. The summed E-state index contributed by atoms with van der Waals surface area (Å²) in [5, 5.41) is 3.12. The number of anilines is 2. The number of rotatable bonds is 4. The van der Waals surface area contributed by atoms with Gasteiger partial charge in [-0.05, 0) is 43.4 Å². The number of amides is 1. The molecule has 2 aliphatic rings. The van der Waals surface area contributed by atoms with Crippen LogP contribution < -0.4 is 10.2 Å². The lowest BCUT2D eigenvalue weighted by Crippen LogP contribution is -2.36. The second kappa shape index (κ2) is 6.60. The molecule has 1 aromatic rings. The maximum atomic E-state index is 12.7. The highest BCUT2D eigenvalue weighted by atomic mass is 16.5. The molecule has 0 unspecified atom stereocenters. The zero-order valence-electron chi connectivity index (χ0n) is 15.1. The number of hydrogen-bond donors (Lipinski definition) is 1. The Bertz CT molecular complexity index is 641. The number of carbonyl (C=O) groups excluding carboxylic acids is 1. The summed E-state index contributed by atoms with van der Waals surface area (Å²) in [4.78, 5) is 15.0. The Balaban J connectivity index is 1.68. The van der Waals surface area contributed by atoms with Gasteiger partial charge < -0.3 is 15.0 Å². The first-order chi connectivity index (χ1) is 11.4. The van der Waals surface area contributed by atoms with Crippen molar-refractivity contribution in [3.8, 4) is 0 Å². The molecule has 1 aliphatic carbocycles. The van der Waals surface area contributed by atoms with Crippen LogP contribution >= 0.6 is 0 Å². The van der Waals surface area contributed by atoms with E-state index in [1.807, 2.05) is 12.1 Å². The van der Waals surface area contributed by atoms with Gasteiger partial charge in [0.15, 0.2) is 0 Å². The minimum Gasteiger partial charge on any atom is -0.378 e. The monoisotopic (exact) mass is 328 g/mol. The van der Waals surface area contributed by atoms with E-state index in [-0.39, 0.29) is 17.2 Å². The maximum Gasteiger partial charge on any atom is 0.228 e. The second-order valence-electron chi connectivity index (χ2n) is 7.71. The molecule has 0 spiro atoms. The summed E-state index contributed by atoms with van der Waals surface area (Å²) >= 11 is 0. The van der Waals surface area contributed by atoms with Crippen LogP contribution in [0, 0.1) is 17.3 Å². The molecular formula is C20H28N2O2. The Morgan fingerprint density at radius 1 is 1.29 bits per heavy atom. The van der Waals surface area contributed by atoms with E-state index < -0.39 is 0 Å². The van der Waals surface area contributed by atoms with E-state index in [0.717, 1.165) is 37.7 Å². The third-order valence-corrected chi connectivity index (χ3v) is 5.20. The van der Waals surface area contributed by atoms with Crippen LogP contribution in [0.5, 0.6) is 0 Å². The van der Waals surface area contributed by atoms with Crippen molar-refractivity contribution in [2.24, 2.45) is 17.3 Å². The molecular weight excluding hydrogens is 300 g/mol. The zero-order valence-corrected chi connectivity index (χ0v) is 15.1. The van der Waals surface area contributed by atoms with Crippen LogP contribution in [0.3, 0.4) is 0 Å². The molecule has 3 rings (SSSR count). The minimum absolute atomic E-state index is 0.0448. The van der Waals surface area contributed by atoms with E-state index in [4.69, 9.17) is 4.74 Å². The number of nitrogens with one attached hydrogen (secondary N) is 1. The van der Waals surface area contributed by atoms with Gasteiger partial charge in [-0.3, -0.25) is 4.79 Å². The van der Waals surface area contributed by atoms with Gasteiger partial charge in [0.2, 0.25) is 5.91 Å². The highest BCUT2D eigenvalue weighted by Gasteiger charge is 2.60. The third-order valence-electron chi connectivity index (χ3n) is 5.20. The van der Waals surface area contributed by atoms with Crippen molar-refractivity contribution in [3.05, 3.63) is 35.9 Å². The van der Waals surface area contributed by atoms with Crippen molar-refractivity contribution in [2.45, 2.75) is 27.7 Å². The summed E-state index contributed by atoms with van der Waals surface area (Å²) in [7, 11) is 0. The van der Waals surface area contributed by atoms with Gasteiger partial charge in [0, 0.05) is 24.5 Å². The summed E-state index contributed by atoms with van der Waals surface area (Å²) in [5.74, 6) is 0.519. The van der Waals surface area contributed by atoms with Gasteiger partial charge in [0.05, 0.1) is 19.1 Å². The molecule has 0 radical (unpaired) electrons. The molecule has 24 heavy (non-hydrogen) atoms. The van der Waals surface area contributed by atoms with Crippen LogP contribution in [0.4, 0.5) is 11.4 Å². The number of benzene rings is 1. The number of carbonyl (C=O) groups is 1. The fraction of sp³-hybridized carbons (Fsp3) is 0.550. The van der Waals surface area contributed by atoms with Crippen molar-refractivity contribution < 1.29 is 9.53 Å². The Morgan fingerprint density at radius 3 is 2.67 bits per heavy atom. The van der Waals surface area contributed by atoms with Gasteiger partial charge in [-0.15, -0.1) is 0 Å². The van der Waals surface area contributed by atoms with E-state index in [1.165, 1.54) is 5.57 Å². The van der Waals surface area contributed by atoms with Gasteiger partial charge in [-0.2, -0.15) is 0 Å². The number of hydrogen-bond acceptors (Lipinski definition) is 3. The lowest BCUT2D eigenvalue weighted by molar-refractivity contribution is -0.118. The van der Waals surface area contributed by atoms with Crippen LogP contribution in [-0.4, -0.2) is 32.2 Å². The quantitative estimate of drug-likeness (QED) is 0.857. The average molecular weight is 328 g/mol. The van der Waals surface area contributed by atoms with Crippen molar-refractivity contribution in [1.82, 2.24) is 0 Å². The summed E-state index contributed by atoms with van der Waals surface area (Å²) in [6, 6.07) is 8.13. The van der Waals surface area contributed by atoms with Gasteiger partial charge in [-0.1, -0.05) is 31.6 Å². The standard InChI is InChI=1S/C20H28N2O2/c1-14(2)12-17-18(20(17,3)4)19(23)21-15-6-5-7-16(13-15)22-8-10-24-11-9-22/h5-7,12-13,17-18H,8-11H2,1-4H3,(H,21,23)/t17-,18+/m1/s1. The molecule has 4 heteroatoms. The molecule has 0 aromatic heterocycles. The highest BCUT2D eigenvalue weighted by Crippen LogP contribution is 2.59. The van der Waals surface area contributed by atoms with Gasteiger partial charge >= 0.3 is 0 Å². The van der Waals surface area contributed by atoms with Crippen LogP contribution in [0.15, 0.2) is 35.9 Å². The minimum atomic E-state index is 0.0448. The van der Waals surface area contributed by atoms with E-state index >= 15 is 0 Å². The van der Waals surface area contributed by atoms with Crippen LogP contribution in [-0.2, 0) is 9.53 Å². The summed E-state index contributed by atoms with van der Waals surface area (Å²) < 4.78 is 5.41. The molecule has 0 bridgehead atoms. The predicted octanol–water partition coefficient (Wildman–Crippen LogP) is 3.70. The Labute approximate surface area is 144 Å². The number of nitrogens with zero attached hydrogens (tertiary/aromatic N) is 1. The lowest BCUT2D eigenvalue weighted by atomic mass is 10.1. The molecule has 1 aromatic carbocycles. The van der Waals surface area contributed by atoms with Crippen molar-refractivity contribution in [3.63, 3.8) is 0 Å². The Morgan fingerprint density at radius 2 is 2.00 bits per heavy atom. The van der Waals surface area contributed by atoms with Crippen LogP contribution in [0.25, 0.3) is 0 Å². The zero-order chi connectivity index (χ0) is 17.3. The maximum absolute atomic E-state index is 12.7. The van der Waals surface area contributed by atoms with E-state index in [1.54, 1.807) is 0 Å². The predicted molar refractivity (Wildman–Crippen MR) is 98.3 cm³/mol. The molecule has 130 valence electrons. The molecule has 1 aliphatic heterocycles. The highest BCUT2D eigenvalue weighted by molar-refractivity contribution is 5.96. The topological polar surface area (TPSA) is 41.6 Å². The average Bonchev–Trinajstić information content (AvgIpc) is 3.08. The smallest absolute Gasteiger partial charge is 0.228 e. The normalized spacial score (nSPS) is 25.1. The van der Waals surface area contributed by atoms with Crippen LogP contribution in [0.1, 0.15) is 27.7 Å². The molecule has 2 atom stereocenters. The van der Waals surface area contributed by atoms with Crippen LogP contribution in [0.2, 0.25) is 0 Å². The fourth-order valence-corrected chi connectivity index (χ4v) is 3.67. The second-order valence-corrected chi connectivity index (χ2v) is 7.71. The molecule has 2 fully saturated rings. The number of morpholine rings is 1. The van der Waals surface area contributed by atoms with E-state index in [0.29, 0.717) is 5.92 Å². The molecule has 1 amide bonds. The first-order valence-electron chi connectivity index (χ1n) is 8.78. The largest absolute Gasteiger partial charge is 0.378 e. The summed E-state index contributed by atoms with van der Waals surface area (Å²) in [5.41, 5.74) is 3.34. The molecule has 1 saturated carbocycles. The van der Waals surface area contributed by atoms with Gasteiger partial charge in [0.1, 0.15) is 0 Å². The Hall–Kier alpha value is -1.81. The van der Waals surface area contributed by atoms with E-state index in [2.05, 4.69) is 56.1 Å². The van der Waals surface area contributed by atoms with Gasteiger partial charge in [0.25, 0.3) is 0 Å². The first-order valence-corrected chi connectivity index (χ1v) is 8.78. The molecule has 1 N–H and O–H groups in total.